The number of ether oxygens (including phenoxy) is 1. The molecule has 0 saturated carbocycles. The van der Waals surface area contributed by atoms with Crippen molar-refractivity contribution in [2.45, 2.75) is 0 Å². The molecule has 3 N–H and O–H groups in total. The second-order valence-electron chi connectivity index (χ2n) is 3.22. The zero-order chi connectivity index (χ0) is 13.5. The molecule has 0 fully saturated rings. The summed E-state index contributed by atoms with van der Waals surface area (Å²) in [6, 6.07) is 6.49. The first-order valence-electron chi connectivity index (χ1n) is 4.91. The number of halogens is 1. The number of carbonyl (C=O) groups excluding carboxylic acids is 2. The highest BCUT2D eigenvalue weighted by Gasteiger charge is 2.14. The number of carbonyl (C=O) groups is 2. The second-order valence-corrected chi connectivity index (χ2v) is 4.01. The molecule has 0 aromatic heterocycles. The zero-order valence-electron chi connectivity index (χ0n) is 9.27. The highest BCUT2D eigenvalue weighted by molar-refractivity contribution is 9.10. The molecule has 0 bridgehead atoms. The summed E-state index contributed by atoms with van der Waals surface area (Å²) >= 11 is 3.16. The van der Waals surface area contributed by atoms with Crippen molar-refractivity contribution in [1.82, 2.24) is 5.32 Å². The van der Waals surface area contributed by atoms with Gasteiger partial charge in [-0.2, -0.15) is 5.26 Å². The third kappa shape index (κ3) is 3.75. The van der Waals surface area contributed by atoms with Crippen molar-refractivity contribution in [1.29, 1.82) is 5.26 Å². The number of hydrogen-bond acceptors (Lipinski definition) is 5. The lowest BCUT2D eigenvalue weighted by atomic mass is 10.2. The Kier molecular flexibility index (Phi) is 5.14. The van der Waals surface area contributed by atoms with Crippen LogP contribution in [0.4, 0.5) is 5.69 Å². The van der Waals surface area contributed by atoms with Gasteiger partial charge in [0.25, 0.3) is 5.91 Å². The lowest BCUT2D eigenvalue weighted by Crippen LogP contribution is -2.29. The molecule has 1 aromatic rings. The lowest BCUT2D eigenvalue weighted by molar-refractivity contribution is -0.123. The van der Waals surface area contributed by atoms with E-state index in [1.54, 1.807) is 18.2 Å². The Bertz CT molecular complexity index is 511. The highest BCUT2D eigenvalue weighted by atomic mass is 79.9. The molecule has 0 atom stereocenters. The van der Waals surface area contributed by atoms with Gasteiger partial charge in [0.15, 0.2) is 6.61 Å². The smallest absolute Gasteiger partial charge is 0.339 e. The van der Waals surface area contributed by atoms with Crippen molar-refractivity contribution < 1.29 is 14.3 Å². The van der Waals surface area contributed by atoms with Crippen LogP contribution in [0.1, 0.15) is 10.4 Å². The maximum atomic E-state index is 11.6. The predicted octanol–water partition coefficient (Wildman–Crippen LogP) is 0.828. The Balaban J connectivity index is 2.59. The summed E-state index contributed by atoms with van der Waals surface area (Å²) in [4.78, 5) is 22.8. The average Bonchev–Trinajstić information content (AvgIpc) is 2.36. The van der Waals surface area contributed by atoms with Crippen LogP contribution in [0.5, 0.6) is 0 Å². The normalized spacial score (nSPS) is 9.33. The van der Waals surface area contributed by atoms with Crippen LogP contribution in [0.25, 0.3) is 0 Å². The first-order chi connectivity index (χ1) is 8.56. The fourth-order valence-corrected chi connectivity index (χ4v) is 1.53. The fraction of sp³-hybridized carbons (Fsp3) is 0.182. The monoisotopic (exact) mass is 311 g/mol. The second kappa shape index (κ2) is 6.61. The third-order valence-electron chi connectivity index (χ3n) is 1.95. The molecule has 0 saturated heterocycles. The first kappa shape index (κ1) is 14.0. The van der Waals surface area contributed by atoms with E-state index in [-0.39, 0.29) is 12.1 Å². The lowest BCUT2D eigenvalue weighted by Gasteiger charge is -2.07. The molecule has 6 nitrogen and oxygen atoms in total. The van der Waals surface area contributed by atoms with Crippen molar-refractivity contribution >= 4 is 33.5 Å². The zero-order valence-corrected chi connectivity index (χ0v) is 10.9. The van der Waals surface area contributed by atoms with Crippen LogP contribution in [-0.4, -0.2) is 25.0 Å². The molecule has 0 aliphatic rings. The quantitative estimate of drug-likeness (QED) is 0.487. The van der Waals surface area contributed by atoms with Gasteiger partial charge < -0.3 is 15.8 Å². The Hall–Kier alpha value is -2.07. The molecule has 0 aliphatic heterocycles. The Morgan fingerprint density at radius 3 is 2.89 bits per heavy atom. The van der Waals surface area contributed by atoms with Gasteiger partial charge in [0.1, 0.15) is 6.54 Å². The predicted molar refractivity (Wildman–Crippen MR) is 67.5 cm³/mol. The van der Waals surface area contributed by atoms with Crippen molar-refractivity contribution in [2.24, 2.45) is 0 Å². The van der Waals surface area contributed by atoms with Gasteiger partial charge in [0.2, 0.25) is 0 Å². The Morgan fingerprint density at radius 2 is 2.22 bits per heavy atom. The van der Waals surface area contributed by atoms with E-state index < -0.39 is 18.5 Å². The Labute approximate surface area is 112 Å². The summed E-state index contributed by atoms with van der Waals surface area (Å²) in [6.07, 6.45) is 0. The van der Waals surface area contributed by atoms with E-state index in [9.17, 15) is 9.59 Å². The minimum Gasteiger partial charge on any atom is -0.452 e. The molecule has 0 radical (unpaired) electrons. The summed E-state index contributed by atoms with van der Waals surface area (Å²) in [5.74, 6) is -1.20. The average molecular weight is 312 g/mol. The number of hydrogen-bond donors (Lipinski definition) is 2. The van der Waals surface area contributed by atoms with Crippen LogP contribution < -0.4 is 11.1 Å². The molecule has 1 rings (SSSR count). The molecule has 1 aromatic carbocycles. The fourth-order valence-electron chi connectivity index (χ4n) is 1.11. The van der Waals surface area contributed by atoms with E-state index in [1.165, 1.54) is 6.07 Å². The number of benzene rings is 1. The van der Waals surface area contributed by atoms with E-state index in [1.807, 2.05) is 0 Å². The van der Waals surface area contributed by atoms with E-state index in [0.717, 1.165) is 0 Å². The topological polar surface area (TPSA) is 105 Å². The van der Waals surface area contributed by atoms with E-state index >= 15 is 0 Å². The maximum absolute atomic E-state index is 11.6. The van der Waals surface area contributed by atoms with Crippen molar-refractivity contribution in [3.05, 3.63) is 28.2 Å². The van der Waals surface area contributed by atoms with Gasteiger partial charge in [0, 0.05) is 5.69 Å². The molecular formula is C11H10BrN3O3. The SMILES string of the molecule is N#CCNC(=O)COC(=O)c1cccc(N)c1Br. The molecule has 18 heavy (non-hydrogen) atoms. The van der Waals surface area contributed by atoms with Gasteiger partial charge in [-0.05, 0) is 28.1 Å². The highest BCUT2D eigenvalue weighted by Crippen LogP contribution is 2.24. The number of anilines is 1. The van der Waals surface area contributed by atoms with Gasteiger partial charge >= 0.3 is 5.97 Å². The van der Waals surface area contributed by atoms with Gasteiger partial charge in [0.05, 0.1) is 16.1 Å². The van der Waals surface area contributed by atoms with E-state index in [4.69, 9.17) is 15.7 Å². The number of rotatable bonds is 4. The molecule has 94 valence electrons. The number of nitrogen functional groups attached to an aromatic ring is 1. The van der Waals surface area contributed by atoms with E-state index in [2.05, 4.69) is 21.2 Å². The molecule has 0 aliphatic carbocycles. The molecule has 7 heteroatoms. The van der Waals surface area contributed by atoms with Crippen LogP contribution in [0.15, 0.2) is 22.7 Å². The molecule has 0 spiro atoms. The molecule has 0 heterocycles. The van der Waals surface area contributed by atoms with E-state index in [0.29, 0.717) is 10.2 Å². The molecule has 0 unspecified atom stereocenters. The summed E-state index contributed by atoms with van der Waals surface area (Å²) in [6.45, 7) is -0.569. The van der Waals surface area contributed by atoms with Crippen molar-refractivity contribution in [2.75, 3.05) is 18.9 Å². The number of esters is 1. The third-order valence-corrected chi connectivity index (χ3v) is 2.83. The van der Waals surface area contributed by atoms with Crippen LogP contribution in [0.3, 0.4) is 0 Å². The minimum absolute atomic E-state index is 0.127. The van der Waals surface area contributed by atoms with Crippen LogP contribution in [0.2, 0.25) is 0 Å². The summed E-state index contributed by atoms with van der Waals surface area (Å²) in [7, 11) is 0. The van der Waals surface area contributed by atoms with Gasteiger partial charge in [-0.3, -0.25) is 4.79 Å². The summed E-state index contributed by atoms with van der Waals surface area (Å²) < 4.78 is 5.20. The van der Waals surface area contributed by atoms with Gasteiger partial charge in [-0.15, -0.1) is 0 Å². The van der Waals surface area contributed by atoms with Crippen molar-refractivity contribution in [3.63, 3.8) is 0 Å². The standard InChI is InChI=1S/C11H10BrN3O3/c12-10-7(2-1-3-8(10)14)11(17)18-6-9(16)15-5-4-13/h1-3H,5-6,14H2,(H,15,16). The van der Waals surface area contributed by atoms with Crippen LogP contribution >= 0.6 is 15.9 Å². The first-order valence-corrected chi connectivity index (χ1v) is 5.70. The van der Waals surface area contributed by atoms with Crippen LogP contribution in [-0.2, 0) is 9.53 Å². The van der Waals surface area contributed by atoms with Gasteiger partial charge in [-0.25, -0.2) is 4.79 Å². The number of nitrogens with one attached hydrogen (secondary N) is 1. The largest absolute Gasteiger partial charge is 0.452 e. The Morgan fingerprint density at radius 1 is 1.50 bits per heavy atom. The number of nitrogens with two attached hydrogens (primary N) is 1. The minimum atomic E-state index is -0.665. The summed E-state index contributed by atoms with van der Waals surface area (Å²) in [5, 5.41) is 10.5. The number of nitrogens with zero attached hydrogens (tertiary/aromatic N) is 1. The van der Waals surface area contributed by atoms with Gasteiger partial charge in [-0.1, -0.05) is 6.07 Å². The molecule has 1 amide bonds. The summed E-state index contributed by atoms with van der Waals surface area (Å²) in [5.41, 5.74) is 6.25. The number of amides is 1. The number of nitriles is 1. The maximum Gasteiger partial charge on any atom is 0.339 e. The molecular weight excluding hydrogens is 302 g/mol. The van der Waals surface area contributed by atoms with Crippen LogP contribution in [0, 0.1) is 11.3 Å². The van der Waals surface area contributed by atoms with Crippen molar-refractivity contribution in [3.8, 4) is 6.07 Å².